The molecule has 2 atom stereocenters. The second-order valence-electron chi connectivity index (χ2n) is 4.39. The van der Waals surface area contributed by atoms with Crippen molar-refractivity contribution in [3.05, 3.63) is 22.4 Å². The first-order valence-corrected chi connectivity index (χ1v) is 7.16. The highest BCUT2D eigenvalue weighted by molar-refractivity contribution is 7.10. The summed E-state index contributed by atoms with van der Waals surface area (Å²) in [5.74, 6) is 0. The third-order valence-electron chi connectivity index (χ3n) is 3.05. The first kappa shape index (κ1) is 12.1. The van der Waals surface area contributed by atoms with E-state index in [1.807, 2.05) is 11.3 Å². The molecule has 1 fully saturated rings. The van der Waals surface area contributed by atoms with Crippen LogP contribution in [0, 0.1) is 0 Å². The largest absolute Gasteiger partial charge is 0.378 e. The van der Waals surface area contributed by atoms with E-state index in [1.165, 1.54) is 24.1 Å². The molecule has 16 heavy (non-hydrogen) atoms. The fraction of sp³-hybridized carbons (Fsp3) is 0.692. The summed E-state index contributed by atoms with van der Waals surface area (Å²) in [6.45, 7) is 4.26. The minimum atomic E-state index is 0.469. The van der Waals surface area contributed by atoms with Crippen LogP contribution in [0.5, 0.6) is 0 Å². The lowest BCUT2D eigenvalue weighted by molar-refractivity contribution is 0.0949. The Bertz CT molecular complexity index is 280. The average Bonchev–Trinajstić information content (AvgIpc) is 2.96. The number of hydrogen-bond acceptors (Lipinski definition) is 3. The molecule has 1 aliphatic heterocycles. The molecule has 2 unspecified atom stereocenters. The van der Waals surface area contributed by atoms with Crippen LogP contribution in [-0.4, -0.2) is 19.3 Å². The topological polar surface area (TPSA) is 21.3 Å². The molecular formula is C13H21NOS. The summed E-state index contributed by atoms with van der Waals surface area (Å²) in [4.78, 5) is 1.45. The smallest absolute Gasteiger partial charge is 0.0594 e. The van der Waals surface area contributed by atoms with Crippen LogP contribution >= 0.6 is 11.3 Å². The summed E-state index contributed by atoms with van der Waals surface area (Å²) in [5.41, 5.74) is 0. The van der Waals surface area contributed by atoms with Crippen LogP contribution in [0.4, 0.5) is 0 Å². The third-order valence-corrected chi connectivity index (χ3v) is 4.04. The van der Waals surface area contributed by atoms with Gasteiger partial charge in [0, 0.05) is 17.5 Å². The quantitative estimate of drug-likeness (QED) is 0.822. The Balaban J connectivity index is 1.91. The molecule has 0 saturated carbocycles. The summed E-state index contributed by atoms with van der Waals surface area (Å²) in [5, 5.41) is 5.79. The molecule has 1 N–H and O–H groups in total. The summed E-state index contributed by atoms with van der Waals surface area (Å²) in [7, 11) is 0. The number of thiophene rings is 1. The zero-order valence-electron chi connectivity index (χ0n) is 9.95. The van der Waals surface area contributed by atoms with Gasteiger partial charge in [-0.05, 0) is 43.7 Å². The van der Waals surface area contributed by atoms with E-state index in [0.717, 1.165) is 19.6 Å². The first-order chi connectivity index (χ1) is 7.90. The number of nitrogens with one attached hydrogen (secondary N) is 1. The SMILES string of the molecule is CCCNC(CC1CCCO1)c1cccs1. The van der Waals surface area contributed by atoms with Crippen molar-refractivity contribution >= 4 is 11.3 Å². The monoisotopic (exact) mass is 239 g/mol. The molecule has 1 aliphatic rings. The van der Waals surface area contributed by atoms with Crippen molar-refractivity contribution in [1.29, 1.82) is 0 Å². The molecule has 90 valence electrons. The molecule has 0 bridgehead atoms. The zero-order chi connectivity index (χ0) is 11.2. The highest BCUT2D eigenvalue weighted by atomic mass is 32.1. The fourth-order valence-electron chi connectivity index (χ4n) is 2.20. The van der Waals surface area contributed by atoms with Gasteiger partial charge in [0.05, 0.1) is 6.10 Å². The van der Waals surface area contributed by atoms with Crippen molar-refractivity contribution < 1.29 is 4.74 Å². The summed E-state index contributed by atoms with van der Waals surface area (Å²) < 4.78 is 5.73. The Morgan fingerprint density at radius 1 is 1.62 bits per heavy atom. The maximum atomic E-state index is 5.73. The Morgan fingerprint density at radius 2 is 2.56 bits per heavy atom. The van der Waals surface area contributed by atoms with Gasteiger partial charge in [-0.15, -0.1) is 11.3 Å². The van der Waals surface area contributed by atoms with Gasteiger partial charge in [-0.25, -0.2) is 0 Å². The maximum absolute atomic E-state index is 5.73. The van der Waals surface area contributed by atoms with E-state index in [4.69, 9.17) is 4.74 Å². The molecular weight excluding hydrogens is 218 g/mol. The molecule has 0 spiro atoms. The molecule has 2 nitrogen and oxygen atoms in total. The van der Waals surface area contributed by atoms with Crippen LogP contribution in [0.25, 0.3) is 0 Å². The molecule has 0 aromatic carbocycles. The predicted molar refractivity (Wildman–Crippen MR) is 68.9 cm³/mol. The van der Waals surface area contributed by atoms with Gasteiger partial charge in [-0.1, -0.05) is 13.0 Å². The van der Waals surface area contributed by atoms with Crippen molar-refractivity contribution in [2.24, 2.45) is 0 Å². The van der Waals surface area contributed by atoms with Crippen molar-refractivity contribution in [1.82, 2.24) is 5.32 Å². The number of hydrogen-bond donors (Lipinski definition) is 1. The Hall–Kier alpha value is -0.380. The summed E-state index contributed by atoms with van der Waals surface area (Å²) in [6.07, 6.45) is 5.25. The van der Waals surface area contributed by atoms with E-state index in [-0.39, 0.29) is 0 Å². The van der Waals surface area contributed by atoms with Gasteiger partial charge >= 0.3 is 0 Å². The van der Waals surface area contributed by atoms with E-state index < -0.39 is 0 Å². The Kier molecular flexibility index (Phi) is 4.82. The molecule has 3 heteroatoms. The molecule has 1 saturated heterocycles. The molecule has 0 amide bonds. The van der Waals surface area contributed by atoms with Crippen LogP contribution in [0.1, 0.15) is 43.5 Å². The predicted octanol–water partition coefficient (Wildman–Crippen LogP) is 3.36. The normalized spacial score (nSPS) is 22.4. The van der Waals surface area contributed by atoms with Gasteiger partial charge in [-0.3, -0.25) is 0 Å². The standard InChI is InChI=1S/C13H21NOS/c1-2-7-14-12(13-6-4-9-16-13)10-11-5-3-8-15-11/h4,6,9,11-12,14H,2-3,5,7-8,10H2,1H3. The molecule has 1 aromatic heterocycles. The summed E-state index contributed by atoms with van der Waals surface area (Å²) in [6, 6.07) is 4.85. The van der Waals surface area contributed by atoms with E-state index in [9.17, 15) is 0 Å². The van der Waals surface area contributed by atoms with Gasteiger partial charge in [0.25, 0.3) is 0 Å². The first-order valence-electron chi connectivity index (χ1n) is 6.28. The molecule has 0 radical (unpaired) electrons. The van der Waals surface area contributed by atoms with E-state index in [2.05, 4.69) is 29.8 Å². The maximum Gasteiger partial charge on any atom is 0.0594 e. The lowest BCUT2D eigenvalue weighted by atomic mass is 10.1. The molecule has 1 aromatic rings. The van der Waals surface area contributed by atoms with Crippen molar-refractivity contribution in [2.45, 2.75) is 44.8 Å². The van der Waals surface area contributed by atoms with Gasteiger partial charge in [0.2, 0.25) is 0 Å². The zero-order valence-corrected chi connectivity index (χ0v) is 10.8. The Morgan fingerprint density at radius 3 is 3.19 bits per heavy atom. The van der Waals surface area contributed by atoms with Crippen molar-refractivity contribution in [3.63, 3.8) is 0 Å². The fourth-order valence-corrected chi connectivity index (χ4v) is 3.02. The summed E-state index contributed by atoms with van der Waals surface area (Å²) >= 11 is 1.85. The van der Waals surface area contributed by atoms with Gasteiger partial charge in [0.1, 0.15) is 0 Å². The molecule has 0 aliphatic carbocycles. The van der Waals surface area contributed by atoms with Crippen molar-refractivity contribution in [3.8, 4) is 0 Å². The second kappa shape index (κ2) is 6.38. The lowest BCUT2D eigenvalue weighted by Crippen LogP contribution is -2.25. The minimum Gasteiger partial charge on any atom is -0.378 e. The number of rotatable bonds is 6. The highest BCUT2D eigenvalue weighted by Crippen LogP contribution is 2.27. The van der Waals surface area contributed by atoms with Gasteiger partial charge in [0.15, 0.2) is 0 Å². The number of ether oxygens (including phenoxy) is 1. The van der Waals surface area contributed by atoms with Crippen LogP contribution in [0.15, 0.2) is 17.5 Å². The van der Waals surface area contributed by atoms with E-state index in [1.54, 1.807) is 0 Å². The van der Waals surface area contributed by atoms with E-state index >= 15 is 0 Å². The van der Waals surface area contributed by atoms with Crippen molar-refractivity contribution in [2.75, 3.05) is 13.2 Å². The lowest BCUT2D eigenvalue weighted by Gasteiger charge is -2.20. The van der Waals surface area contributed by atoms with Crippen LogP contribution < -0.4 is 5.32 Å². The van der Waals surface area contributed by atoms with Crippen LogP contribution in [0.2, 0.25) is 0 Å². The Labute approximate surface area is 102 Å². The van der Waals surface area contributed by atoms with Gasteiger partial charge < -0.3 is 10.1 Å². The molecule has 2 rings (SSSR count). The third kappa shape index (κ3) is 3.30. The van der Waals surface area contributed by atoms with Crippen LogP contribution in [0.3, 0.4) is 0 Å². The van der Waals surface area contributed by atoms with Crippen LogP contribution in [-0.2, 0) is 4.74 Å². The second-order valence-corrected chi connectivity index (χ2v) is 5.37. The molecule has 2 heterocycles. The van der Waals surface area contributed by atoms with Gasteiger partial charge in [-0.2, -0.15) is 0 Å². The van der Waals surface area contributed by atoms with E-state index in [0.29, 0.717) is 12.1 Å². The average molecular weight is 239 g/mol. The minimum absolute atomic E-state index is 0.469. The highest BCUT2D eigenvalue weighted by Gasteiger charge is 2.21.